The van der Waals surface area contributed by atoms with Gasteiger partial charge < -0.3 is 23.9 Å². The molecule has 0 radical (unpaired) electrons. The molecule has 0 aliphatic carbocycles. The fourth-order valence-electron chi connectivity index (χ4n) is 1.54. The van der Waals surface area contributed by atoms with Crippen molar-refractivity contribution in [3.63, 3.8) is 0 Å². The zero-order valence-corrected chi connectivity index (χ0v) is 11.4. The van der Waals surface area contributed by atoms with Crippen LogP contribution in [0.4, 0.5) is 0 Å². The van der Waals surface area contributed by atoms with Crippen molar-refractivity contribution in [3.8, 4) is 0 Å². The van der Waals surface area contributed by atoms with Crippen LogP contribution < -0.4 is 0 Å². The molecule has 1 amide bonds. The van der Waals surface area contributed by atoms with Gasteiger partial charge in [0, 0.05) is 13.1 Å². The molecule has 0 spiro atoms. The molecule has 0 bridgehead atoms. The first-order valence-corrected chi connectivity index (χ1v) is 6.27. The Morgan fingerprint density at radius 2 is 2.15 bits per heavy atom. The summed E-state index contributed by atoms with van der Waals surface area (Å²) in [6, 6.07) is 3.18. The fraction of sp³-hybridized carbons (Fsp3) is 0.538. The van der Waals surface area contributed by atoms with Crippen LogP contribution in [0.15, 0.2) is 22.8 Å². The van der Waals surface area contributed by atoms with E-state index in [9.17, 15) is 9.59 Å². The van der Waals surface area contributed by atoms with Crippen molar-refractivity contribution in [2.45, 2.75) is 6.42 Å². The van der Waals surface area contributed by atoms with Crippen molar-refractivity contribution in [2.75, 3.05) is 40.0 Å². The van der Waals surface area contributed by atoms with Gasteiger partial charge in [0.05, 0.1) is 39.6 Å². The zero-order chi connectivity index (χ0) is 14.8. The summed E-state index contributed by atoms with van der Waals surface area (Å²) >= 11 is 0. The smallest absolute Gasteiger partial charge is 0.307 e. The SMILES string of the molecule is COC(=O)CCN(CCOCCO)C(=O)c1ccco1. The summed E-state index contributed by atoms with van der Waals surface area (Å²) in [5.41, 5.74) is 0. The Balaban J connectivity index is 2.53. The number of ether oxygens (including phenoxy) is 2. The molecular formula is C13H19NO6. The maximum Gasteiger partial charge on any atom is 0.307 e. The van der Waals surface area contributed by atoms with Gasteiger partial charge in [-0.15, -0.1) is 0 Å². The third-order valence-electron chi connectivity index (χ3n) is 2.57. The van der Waals surface area contributed by atoms with Crippen molar-refractivity contribution in [1.82, 2.24) is 4.90 Å². The van der Waals surface area contributed by atoms with E-state index in [4.69, 9.17) is 14.3 Å². The highest BCUT2D eigenvalue weighted by Crippen LogP contribution is 2.06. The summed E-state index contributed by atoms with van der Waals surface area (Å²) < 4.78 is 14.7. The fourth-order valence-corrected chi connectivity index (χ4v) is 1.54. The van der Waals surface area contributed by atoms with Gasteiger partial charge in [-0.3, -0.25) is 9.59 Å². The molecule has 0 unspecified atom stereocenters. The number of rotatable bonds is 9. The minimum absolute atomic E-state index is 0.0751. The number of furan rings is 1. The lowest BCUT2D eigenvalue weighted by Gasteiger charge is -2.21. The van der Waals surface area contributed by atoms with Gasteiger partial charge in [-0.05, 0) is 12.1 Å². The maximum atomic E-state index is 12.1. The van der Waals surface area contributed by atoms with E-state index < -0.39 is 5.97 Å². The third kappa shape index (κ3) is 5.41. The van der Waals surface area contributed by atoms with Gasteiger partial charge in [0.25, 0.3) is 5.91 Å². The topological polar surface area (TPSA) is 89.2 Å². The Bertz CT molecular complexity index is 403. The summed E-state index contributed by atoms with van der Waals surface area (Å²) in [4.78, 5) is 24.8. The molecule has 1 aromatic heterocycles. The van der Waals surface area contributed by atoms with E-state index in [-0.39, 0.29) is 44.5 Å². The van der Waals surface area contributed by atoms with Crippen LogP contribution in [0.25, 0.3) is 0 Å². The molecule has 0 aromatic carbocycles. The van der Waals surface area contributed by atoms with Crippen LogP contribution in [0, 0.1) is 0 Å². The number of aliphatic hydroxyl groups excluding tert-OH is 1. The normalized spacial score (nSPS) is 10.3. The number of aliphatic hydroxyl groups is 1. The number of hydrogen-bond acceptors (Lipinski definition) is 6. The Morgan fingerprint density at radius 1 is 1.35 bits per heavy atom. The van der Waals surface area contributed by atoms with Crippen molar-refractivity contribution >= 4 is 11.9 Å². The van der Waals surface area contributed by atoms with Crippen molar-refractivity contribution in [1.29, 1.82) is 0 Å². The summed E-state index contributed by atoms with van der Waals surface area (Å²) in [5, 5.41) is 8.62. The van der Waals surface area contributed by atoms with Gasteiger partial charge in [-0.25, -0.2) is 0 Å². The number of methoxy groups -OCH3 is 1. The number of nitrogens with zero attached hydrogens (tertiary/aromatic N) is 1. The molecule has 0 saturated carbocycles. The van der Waals surface area contributed by atoms with E-state index in [0.717, 1.165) is 0 Å². The van der Waals surface area contributed by atoms with E-state index in [2.05, 4.69) is 4.74 Å². The van der Waals surface area contributed by atoms with E-state index in [1.54, 1.807) is 12.1 Å². The Labute approximate surface area is 117 Å². The molecule has 7 heteroatoms. The second-order valence-electron chi connectivity index (χ2n) is 3.93. The van der Waals surface area contributed by atoms with Crippen LogP contribution in [0.1, 0.15) is 17.0 Å². The number of amides is 1. The van der Waals surface area contributed by atoms with E-state index >= 15 is 0 Å². The largest absolute Gasteiger partial charge is 0.469 e. The Morgan fingerprint density at radius 3 is 2.75 bits per heavy atom. The Kier molecular flexibility index (Phi) is 7.38. The molecular weight excluding hydrogens is 266 g/mol. The second kappa shape index (κ2) is 9.11. The molecule has 0 saturated heterocycles. The van der Waals surface area contributed by atoms with Gasteiger partial charge in [0.1, 0.15) is 0 Å². The van der Waals surface area contributed by atoms with Crippen molar-refractivity contribution in [2.24, 2.45) is 0 Å². The first-order valence-electron chi connectivity index (χ1n) is 6.27. The predicted octanol–water partition coefficient (Wildman–Crippen LogP) is 0.294. The van der Waals surface area contributed by atoms with Gasteiger partial charge in [0.15, 0.2) is 5.76 Å². The maximum absolute atomic E-state index is 12.1. The van der Waals surface area contributed by atoms with Gasteiger partial charge in [0.2, 0.25) is 0 Å². The average Bonchev–Trinajstić information content (AvgIpc) is 2.99. The van der Waals surface area contributed by atoms with Crippen LogP contribution in [0.5, 0.6) is 0 Å². The monoisotopic (exact) mass is 285 g/mol. The minimum Gasteiger partial charge on any atom is -0.469 e. The molecule has 1 heterocycles. The minimum atomic E-state index is -0.390. The van der Waals surface area contributed by atoms with Crippen LogP contribution in [-0.2, 0) is 14.3 Å². The average molecular weight is 285 g/mol. The lowest BCUT2D eigenvalue weighted by atomic mass is 10.3. The molecule has 7 nitrogen and oxygen atoms in total. The molecule has 112 valence electrons. The number of esters is 1. The van der Waals surface area contributed by atoms with Gasteiger partial charge >= 0.3 is 5.97 Å². The molecule has 1 N–H and O–H groups in total. The zero-order valence-electron chi connectivity index (χ0n) is 11.4. The number of carbonyl (C=O) groups excluding carboxylic acids is 2. The lowest BCUT2D eigenvalue weighted by molar-refractivity contribution is -0.140. The third-order valence-corrected chi connectivity index (χ3v) is 2.57. The first-order chi connectivity index (χ1) is 9.69. The Hall–Kier alpha value is -1.86. The summed E-state index contributed by atoms with van der Waals surface area (Å²) in [5.74, 6) is -0.498. The van der Waals surface area contributed by atoms with Gasteiger partial charge in [-0.1, -0.05) is 0 Å². The molecule has 1 rings (SSSR count). The molecule has 1 aromatic rings. The second-order valence-corrected chi connectivity index (χ2v) is 3.93. The lowest BCUT2D eigenvalue weighted by Crippen LogP contribution is -2.36. The summed E-state index contributed by atoms with van der Waals surface area (Å²) in [6.07, 6.45) is 1.51. The molecule has 0 aliphatic rings. The number of carbonyl (C=O) groups is 2. The molecule has 0 aliphatic heterocycles. The van der Waals surface area contributed by atoms with Crippen LogP contribution >= 0.6 is 0 Å². The quantitative estimate of drug-likeness (QED) is 0.518. The summed E-state index contributed by atoms with van der Waals surface area (Å²) in [6.45, 7) is 0.924. The van der Waals surface area contributed by atoms with Crippen LogP contribution in [0.3, 0.4) is 0 Å². The molecule has 0 fully saturated rings. The van der Waals surface area contributed by atoms with Gasteiger partial charge in [-0.2, -0.15) is 0 Å². The highest BCUT2D eigenvalue weighted by Gasteiger charge is 2.19. The van der Waals surface area contributed by atoms with E-state index in [1.165, 1.54) is 18.3 Å². The summed E-state index contributed by atoms with van der Waals surface area (Å²) in [7, 11) is 1.30. The van der Waals surface area contributed by atoms with Crippen molar-refractivity contribution < 1.29 is 28.6 Å². The van der Waals surface area contributed by atoms with Crippen LogP contribution in [-0.4, -0.2) is 61.9 Å². The van der Waals surface area contributed by atoms with E-state index in [0.29, 0.717) is 6.54 Å². The molecule has 0 atom stereocenters. The number of hydrogen-bond donors (Lipinski definition) is 1. The van der Waals surface area contributed by atoms with Crippen molar-refractivity contribution in [3.05, 3.63) is 24.2 Å². The molecule has 20 heavy (non-hydrogen) atoms. The highest BCUT2D eigenvalue weighted by molar-refractivity contribution is 5.91. The standard InChI is InChI=1S/C13H19NO6/c1-18-12(16)4-5-14(6-9-19-10-7-15)13(17)11-3-2-8-20-11/h2-3,8,15H,4-7,9-10H2,1H3. The van der Waals surface area contributed by atoms with Crippen LogP contribution in [0.2, 0.25) is 0 Å². The highest BCUT2D eigenvalue weighted by atomic mass is 16.5. The first kappa shape index (κ1) is 16.2. The predicted molar refractivity (Wildman–Crippen MR) is 69.1 cm³/mol. The van der Waals surface area contributed by atoms with E-state index in [1.807, 2.05) is 0 Å².